The molecule has 1 heterocycles. The molecule has 4 rings (SSSR count). The fourth-order valence-corrected chi connectivity index (χ4v) is 3.03. The van der Waals surface area contributed by atoms with Gasteiger partial charge in [-0.2, -0.15) is 5.10 Å². The van der Waals surface area contributed by atoms with Crippen LogP contribution in [0.3, 0.4) is 0 Å². The SMILES string of the molecule is Cc1ccc(-c2nn(-c3ccccc3)cc2/C=C/C(=O)Nc2ccccc2)cc1. The third kappa shape index (κ3) is 4.50. The van der Waals surface area contributed by atoms with Crippen LogP contribution in [-0.2, 0) is 4.79 Å². The smallest absolute Gasteiger partial charge is 0.248 e. The third-order valence-electron chi connectivity index (χ3n) is 4.54. The summed E-state index contributed by atoms with van der Waals surface area (Å²) < 4.78 is 1.84. The number of nitrogens with one attached hydrogen (secondary N) is 1. The molecule has 4 heteroatoms. The summed E-state index contributed by atoms with van der Waals surface area (Å²) in [5.41, 5.74) is 5.64. The zero-order valence-electron chi connectivity index (χ0n) is 16.1. The van der Waals surface area contributed by atoms with E-state index in [4.69, 9.17) is 5.10 Å². The van der Waals surface area contributed by atoms with Gasteiger partial charge in [0.2, 0.25) is 5.91 Å². The second-order valence-electron chi connectivity index (χ2n) is 6.77. The highest BCUT2D eigenvalue weighted by Gasteiger charge is 2.11. The Morgan fingerprint density at radius 2 is 1.55 bits per heavy atom. The zero-order chi connectivity index (χ0) is 20.1. The maximum absolute atomic E-state index is 12.3. The molecule has 4 nitrogen and oxygen atoms in total. The first kappa shape index (κ1) is 18.4. The number of hydrogen-bond acceptors (Lipinski definition) is 2. The Morgan fingerprint density at radius 3 is 2.24 bits per heavy atom. The molecule has 29 heavy (non-hydrogen) atoms. The van der Waals surface area contributed by atoms with E-state index >= 15 is 0 Å². The Balaban J connectivity index is 1.66. The highest BCUT2D eigenvalue weighted by atomic mass is 16.1. The van der Waals surface area contributed by atoms with Crippen LogP contribution in [-0.4, -0.2) is 15.7 Å². The van der Waals surface area contributed by atoms with E-state index in [2.05, 4.69) is 24.4 Å². The van der Waals surface area contributed by atoms with Crippen LogP contribution in [0.1, 0.15) is 11.1 Å². The Labute approximate surface area is 170 Å². The van der Waals surface area contributed by atoms with Crippen molar-refractivity contribution in [3.63, 3.8) is 0 Å². The van der Waals surface area contributed by atoms with Crippen LogP contribution in [0.15, 0.2) is 97.2 Å². The molecule has 0 unspecified atom stereocenters. The molecule has 1 N–H and O–H groups in total. The van der Waals surface area contributed by atoms with E-state index in [0.29, 0.717) is 0 Å². The van der Waals surface area contributed by atoms with Gasteiger partial charge in [-0.15, -0.1) is 0 Å². The van der Waals surface area contributed by atoms with Crippen LogP contribution in [0.2, 0.25) is 0 Å². The molecular weight excluding hydrogens is 358 g/mol. The number of aromatic nitrogens is 2. The summed E-state index contributed by atoms with van der Waals surface area (Å²) in [4.78, 5) is 12.3. The summed E-state index contributed by atoms with van der Waals surface area (Å²) >= 11 is 0. The monoisotopic (exact) mass is 379 g/mol. The average molecular weight is 379 g/mol. The Kier molecular flexibility index (Phi) is 5.34. The quantitative estimate of drug-likeness (QED) is 0.466. The topological polar surface area (TPSA) is 46.9 Å². The van der Waals surface area contributed by atoms with Gasteiger partial charge in [-0.3, -0.25) is 4.79 Å². The fourth-order valence-electron chi connectivity index (χ4n) is 3.03. The zero-order valence-corrected chi connectivity index (χ0v) is 16.1. The summed E-state index contributed by atoms with van der Waals surface area (Å²) in [6.07, 6.45) is 5.29. The number of aryl methyl sites for hydroxylation is 1. The van der Waals surface area contributed by atoms with Crippen molar-refractivity contribution in [3.05, 3.63) is 108 Å². The van der Waals surface area contributed by atoms with Crippen LogP contribution in [0.5, 0.6) is 0 Å². The van der Waals surface area contributed by atoms with E-state index in [1.807, 2.05) is 83.7 Å². The molecule has 0 atom stereocenters. The van der Waals surface area contributed by atoms with Gasteiger partial charge in [-0.05, 0) is 37.3 Å². The molecule has 1 aromatic heterocycles. The Bertz CT molecular complexity index is 1130. The van der Waals surface area contributed by atoms with E-state index in [1.54, 1.807) is 6.08 Å². The maximum Gasteiger partial charge on any atom is 0.248 e. The van der Waals surface area contributed by atoms with Crippen molar-refractivity contribution < 1.29 is 4.79 Å². The molecule has 0 aliphatic heterocycles. The second kappa shape index (κ2) is 8.40. The van der Waals surface area contributed by atoms with Gasteiger partial charge in [-0.25, -0.2) is 4.68 Å². The van der Waals surface area contributed by atoms with Gasteiger partial charge in [0.05, 0.1) is 11.4 Å². The largest absolute Gasteiger partial charge is 0.323 e. The van der Waals surface area contributed by atoms with E-state index in [0.717, 1.165) is 28.2 Å². The highest BCUT2D eigenvalue weighted by Crippen LogP contribution is 2.25. The van der Waals surface area contributed by atoms with Crippen LogP contribution in [0, 0.1) is 6.92 Å². The molecule has 0 radical (unpaired) electrons. The number of para-hydroxylation sites is 2. The van der Waals surface area contributed by atoms with Crippen molar-refractivity contribution in [3.8, 4) is 16.9 Å². The Morgan fingerprint density at radius 1 is 0.897 bits per heavy atom. The van der Waals surface area contributed by atoms with Crippen LogP contribution in [0.4, 0.5) is 5.69 Å². The van der Waals surface area contributed by atoms with Crippen LogP contribution in [0.25, 0.3) is 23.0 Å². The first-order valence-corrected chi connectivity index (χ1v) is 9.45. The highest BCUT2D eigenvalue weighted by molar-refractivity contribution is 6.02. The van der Waals surface area contributed by atoms with Gasteiger partial charge >= 0.3 is 0 Å². The van der Waals surface area contributed by atoms with Crippen LogP contribution < -0.4 is 5.32 Å². The molecule has 0 fully saturated rings. The standard InChI is InChI=1S/C25H21N3O/c1-19-12-14-20(15-13-19)25-21(18-28(27-25)23-10-6-3-7-11-23)16-17-24(29)26-22-8-4-2-5-9-22/h2-18H,1H3,(H,26,29)/b17-16+. The molecule has 4 aromatic rings. The van der Waals surface area contributed by atoms with Gasteiger partial charge in [-0.1, -0.05) is 66.2 Å². The minimum absolute atomic E-state index is 0.182. The van der Waals surface area contributed by atoms with E-state index in [9.17, 15) is 4.79 Å². The number of nitrogens with zero attached hydrogens (tertiary/aromatic N) is 2. The molecule has 0 saturated carbocycles. The lowest BCUT2D eigenvalue weighted by Crippen LogP contribution is -2.07. The summed E-state index contributed by atoms with van der Waals surface area (Å²) in [7, 11) is 0. The van der Waals surface area contributed by atoms with E-state index < -0.39 is 0 Å². The molecular formula is C25H21N3O. The van der Waals surface area contributed by atoms with Crippen molar-refractivity contribution in [2.45, 2.75) is 6.92 Å². The van der Waals surface area contributed by atoms with Gasteiger partial charge in [0.25, 0.3) is 0 Å². The summed E-state index contributed by atoms with van der Waals surface area (Å²) in [6.45, 7) is 2.06. The summed E-state index contributed by atoms with van der Waals surface area (Å²) in [5, 5.41) is 7.64. The predicted octanol–water partition coefficient (Wildman–Crippen LogP) is 5.50. The summed E-state index contributed by atoms with van der Waals surface area (Å²) in [6, 6.07) is 27.6. The molecule has 0 bridgehead atoms. The van der Waals surface area contributed by atoms with Gasteiger partial charge in [0.1, 0.15) is 0 Å². The average Bonchev–Trinajstić information content (AvgIpc) is 3.18. The number of carbonyl (C=O) groups excluding carboxylic acids is 1. The molecule has 0 spiro atoms. The number of hydrogen-bond donors (Lipinski definition) is 1. The lowest BCUT2D eigenvalue weighted by molar-refractivity contribution is -0.111. The first-order valence-electron chi connectivity index (χ1n) is 9.45. The van der Waals surface area contributed by atoms with E-state index in [1.165, 1.54) is 11.6 Å². The molecule has 0 aliphatic carbocycles. The van der Waals surface area contributed by atoms with Crippen molar-refractivity contribution >= 4 is 17.7 Å². The van der Waals surface area contributed by atoms with Gasteiger partial charge in [0, 0.05) is 29.1 Å². The van der Waals surface area contributed by atoms with Crippen LogP contribution >= 0.6 is 0 Å². The predicted molar refractivity (Wildman–Crippen MR) is 118 cm³/mol. The van der Waals surface area contributed by atoms with Crippen molar-refractivity contribution in [2.24, 2.45) is 0 Å². The fraction of sp³-hybridized carbons (Fsp3) is 0.0400. The lowest BCUT2D eigenvalue weighted by atomic mass is 10.1. The molecule has 1 amide bonds. The lowest BCUT2D eigenvalue weighted by Gasteiger charge is -2.02. The number of amides is 1. The summed E-state index contributed by atoms with van der Waals surface area (Å²) in [5.74, 6) is -0.182. The number of rotatable bonds is 5. The normalized spacial score (nSPS) is 10.9. The minimum Gasteiger partial charge on any atom is -0.323 e. The number of benzene rings is 3. The van der Waals surface area contributed by atoms with E-state index in [-0.39, 0.29) is 5.91 Å². The molecule has 0 saturated heterocycles. The number of anilines is 1. The van der Waals surface area contributed by atoms with Gasteiger partial charge < -0.3 is 5.32 Å². The van der Waals surface area contributed by atoms with Gasteiger partial charge in [0.15, 0.2) is 0 Å². The Hall–Kier alpha value is -3.92. The third-order valence-corrected chi connectivity index (χ3v) is 4.54. The minimum atomic E-state index is -0.182. The van der Waals surface area contributed by atoms with Crippen molar-refractivity contribution in [1.82, 2.24) is 9.78 Å². The van der Waals surface area contributed by atoms with Crippen molar-refractivity contribution in [1.29, 1.82) is 0 Å². The molecule has 0 aliphatic rings. The first-order chi connectivity index (χ1) is 14.2. The number of carbonyl (C=O) groups is 1. The maximum atomic E-state index is 12.3. The molecule has 142 valence electrons. The second-order valence-corrected chi connectivity index (χ2v) is 6.77. The molecule has 3 aromatic carbocycles. The van der Waals surface area contributed by atoms with Crippen molar-refractivity contribution in [2.75, 3.05) is 5.32 Å².